The first-order valence-corrected chi connectivity index (χ1v) is 7.38. The minimum Gasteiger partial charge on any atom is -0.0312 e. The van der Waals surface area contributed by atoms with E-state index in [1.807, 2.05) is 101 Å². The maximum atomic E-state index is 7.50. The summed E-state index contributed by atoms with van der Waals surface area (Å²) in [4.78, 5) is 0. The largest absolute Gasteiger partial charge is 2.00 e. The molecule has 0 aromatic heterocycles. The van der Waals surface area contributed by atoms with Gasteiger partial charge in [-0.2, -0.15) is 17.7 Å². The van der Waals surface area contributed by atoms with Crippen LogP contribution in [-0.4, -0.2) is 6.61 Å². The molecular formula is C22H21Fe2O4+. The molecule has 3 rings (SSSR count). The summed E-state index contributed by atoms with van der Waals surface area (Å²) >= 11 is 0. The average molecular weight is 461 g/mol. The van der Waals surface area contributed by atoms with E-state index in [1.54, 1.807) is 6.61 Å². The second-order valence-electron chi connectivity index (χ2n) is 3.91. The van der Waals surface area contributed by atoms with E-state index in [0.29, 0.717) is 0 Å². The Morgan fingerprint density at radius 2 is 0.964 bits per heavy atom. The summed E-state index contributed by atoms with van der Waals surface area (Å²) in [6, 6.07) is 9.99. The molecule has 4 nitrogen and oxygen atoms in total. The van der Waals surface area contributed by atoms with Crippen molar-refractivity contribution in [1.82, 2.24) is 0 Å². The zero-order valence-corrected chi connectivity index (χ0v) is 17.5. The molecule has 0 aliphatic heterocycles. The maximum absolute atomic E-state index is 7.50. The minimum absolute atomic E-state index is 0. The van der Waals surface area contributed by atoms with Gasteiger partial charge in [-0.15, -0.1) is 12.1 Å². The molecule has 1 aromatic rings. The third kappa shape index (κ3) is 32.9. The zero-order chi connectivity index (χ0) is 20.3. The van der Waals surface area contributed by atoms with Crippen molar-refractivity contribution in [3.05, 3.63) is 127 Å². The van der Waals surface area contributed by atoms with Crippen LogP contribution in [0.1, 0.15) is 12.5 Å². The van der Waals surface area contributed by atoms with Gasteiger partial charge in [-0.1, -0.05) is 12.7 Å². The maximum Gasteiger partial charge on any atom is 2.00 e. The topological polar surface area (TPSA) is 68.9 Å². The molecule has 0 amide bonds. The van der Waals surface area contributed by atoms with Gasteiger partial charge in [-0.3, -0.25) is 0 Å². The molecule has 2 saturated carbocycles. The molecule has 1 aromatic carbocycles. The molecule has 0 unspecified atom stereocenters. The van der Waals surface area contributed by atoms with E-state index in [9.17, 15) is 0 Å². The molecule has 0 spiro atoms. The first kappa shape index (κ1) is 38.0. The summed E-state index contributed by atoms with van der Waals surface area (Å²) in [5.74, 6) is 0. The first-order valence-electron chi connectivity index (χ1n) is 7.38. The molecule has 148 valence electrons. The summed E-state index contributed by atoms with van der Waals surface area (Å²) in [5, 5.41) is 0. The van der Waals surface area contributed by atoms with Crippen LogP contribution in [0.3, 0.4) is 0 Å². The van der Waals surface area contributed by atoms with Crippen LogP contribution in [0.15, 0.2) is 30.3 Å². The Hall–Kier alpha value is -0.691. The van der Waals surface area contributed by atoms with Gasteiger partial charge in [0.2, 0.25) is 0 Å². The van der Waals surface area contributed by atoms with E-state index in [0.717, 1.165) is 12.2 Å². The average Bonchev–Trinajstić information content (AvgIpc) is 3.51. The van der Waals surface area contributed by atoms with E-state index in [1.165, 1.54) is 0 Å². The quantitative estimate of drug-likeness (QED) is 0.379. The molecule has 2 aliphatic carbocycles. The molecule has 0 bridgehead atoms. The smallest absolute Gasteiger partial charge is 0.0312 e. The minimum atomic E-state index is 0. The van der Waals surface area contributed by atoms with Gasteiger partial charge in [0.1, 0.15) is 0 Å². The molecule has 10 radical (unpaired) electrons. The van der Waals surface area contributed by atoms with Crippen LogP contribution in [0, 0.1) is 90.8 Å². The van der Waals surface area contributed by atoms with E-state index >= 15 is 0 Å². The SMILES string of the molecule is CCO[CH-]c1ccccc1.[C-]#[O+].[C-]#[O+].[C-]#[O+].[CH]1[CH][CH][CH][CH]1.[CH]1[CH][CH][CH][CH]1.[Fe+2].[Fe]. The molecule has 0 saturated heterocycles. The van der Waals surface area contributed by atoms with Crippen molar-refractivity contribution in [3.63, 3.8) is 0 Å². The van der Waals surface area contributed by atoms with Crippen LogP contribution in [-0.2, 0) is 52.8 Å². The van der Waals surface area contributed by atoms with Gasteiger partial charge in [0.05, 0.1) is 0 Å². The fraction of sp³-hybridized carbons (Fsp3) is 0.0909. The van der Waals surface area contributed by atoms with Crippen LogP contribution >= 0.6 is 0 Å². The summed E-state index contributed by atoms with van der Waals surface area (Å²) in [7, 11) is 0. The van der Waals surface area contributed by atoms with Crippen molar-refractivity contribution in [2.75, 3.05) is 6.61 Å². The number of benzene rings is 1. The molecule has 0 N–H and O–H groups in total. The summed E-state index contributed by atoms with van der Waals surface area (Å²) in [6.07, 6.45) is 20.0. The Kier molecular flexibility index (Phi) is 55.4. The molecule has 28 heavy (non-hydrogen) atoms. The number of ether oxygens (including phenoxy) is 1. The van der Waals surface area contributed by atoms with Gasteiger partial charge in [0, 0.05) is 23.7 Å². The monoisotopic (exact) mass is 461 g/mol. The van der Waals surface area contributed by atoms with Gasteiger partial charge in [0.15, 0.2) is 0 Å². The number of hydrogen-bond acceptors (Lipinski definition) is 1. The Balaban J connectivity index is -0.0000000848. The van der Waals surface area contributed by atoms with Gasteiger partial charge in [-0.25, -0.2) is 0 Å². The Bertz CT molecular complexity index is 372. The van der Waals surface area contributed by atoms with Gasteiger partial charge >= 0.3 is 51.0 Å². The second kappa shape index (κ2) is 40.9. The predicted molar refractivity (Wildman–Crippen MR) is 96.3 cm³/mol. The fourth-order valence-corrected chi connectivity index (χ4v) is 1.35. The van der Waals surface area contributed by atoms with Crippen molar-refractivity contribution in [1.29, 1.82) is 0 Å². The molecule has 2 aliphatic rings. The normalized spacial score (nSPS) is 12.1. The van der Waals surface area contributed by atoms with E-state index in [2.05, 4.69) is 20.0 Å². The summed E-state index contributed by atoms with van der Waals surface area (Å²) in [6.45, 7) is 18.0. The Morgan fingerprint density at radius 1 is 0.679 bits per heavy atom. The summed E-state index contributed by atoms with van der Waals surface area (Å²) < 4.78 is 27.6. The molecular weight excluding hydrogens is 440 g/mol. The third-order valence-electron chi connectivity index (χ3n) is 2.30. The van der Waals surface area contributed by atoms with Crippen molar-refractivity contribution < 1.29 is 52.8 Å². The van der Waals surface area contributed by atoms with Crippen molar-refractivity contribution in [3.8, 4) is 0 Å². The van der Waals surface area contributed by atoms with Crippen LogP contribution in [0.5, 0.6) is 0 Å². The second-order valence-corrected chi connectivity index (χ2v) is 3.91. The van der Waals surface area contributed by atoms with Crippen molar-refractivity contribution in [2.45, 2.75) is 6.92 Å². The number of hydrogen-bond donors (Lipinski definition) is 0. The Morgan fingerprint density at radius 3 is 1.21 bits per heavy atom. The van der Waals surface area contributed by atoms with Crippen molar-refractivity contribution >= 4 is 0 Å². The Labute approximate surface area is 192 Å². The third-order valence-corrected chi connectivity index (χ3v) is 2.30. The predicted octanol–water partition coefficient (Wildman–Crippen LogP) is 4.16. The summed E-state index contributed by atoms with van der Waals surface area (Å²) in [5.41, 5.74) is 1.12. The number of rotatable bonds is 3. The van der Waals surface area contributed by atoms with Gasteiger partial charge < -0.3 is 4.74 Å². The van der Waals surface area contributed by atoms with Crippen molar-refractivity contribution in [2.24, 2.45) is 0 Å². The van der Waals surface area contributed by atoms with Crippen LogP contribution in [0.2, 0.25) is 0 Å². The molecule has 0 atom stereocenters. The van der Waals surface area contributed by atoms with Crippen LogP contribution in [0.4, 0.5) is 0 Å². The zero-order valence-electron chi connectivity index (χ0n) is 15.3. The molecule has 0 heterocycles. The standard InChI is InChI=1S/C9H11O.2C5H5.3CO.2Fe/c1-2-10-8-9-6-4-3-5-7-9;2*1-2-4-5-3-1;3*1-2;;/h3-8H,2H2,1H3;2*1-5H;;;;;/q-1;;;;;;;+2. The fourth-order valence-electron chi connectivity index (χ4n) is 1.35. The van der Waals surface area contributed by atoms with Gasteiger partial charge in [0.25, 0.3) is 0 Å². The van der Waals surface area contributed by atoms with Crippen LogP contribution in [0.25, 0.3) is 0 Å². The first-order chi connectivity index (χ1) is 12.9. The van der Waals surface area contributed by atoms with E-state index in [4.69, 9.17) is 18.7 Å². The molecule has 2 fully saturated rings. The van der Waals surface area contributed by atoms with E-state index < -0.39 is 0 Å². The van der Waals surface area contributed by atoms with Crippen LogP contribution < -0.4 is 0 Å². The van der Waals surface area contributed by atoms with Gasteiger partial charge in [-0.05, 0) is 71.1 Å². The van der Waals surface area contributed by atoms with E-state index in [-0.39, 0.29) is 34.1 Å². The molecule has 6 heteroatoms.